The molecular formula is C15H15F3N4O2S. The summed E-state index contributed by atoms with van der Waals surface area (Å²) in [5, 5.41) is -0.875. The summed E-state index contributed by atoms with van der Waals surface area (Å²) in [5.74, 6) is 0.137. The molecule has 0 fully saturated rings. The van der Waals surface area contributed by atoms with E-state index in [4.69, 9.17) is 0 Å². The standard InChI is InChI=1S/C15H15F3N4O2S/c1-3-25(23,24)11-5-4-6-19-12(11)14-21-10-7-9(15(16,17)18)8-20-13(10)22(14)2/h4,6-8,11H,3,5H2,1-2H3. The van der Waals surface area contributed by atoms with Crippen molar-refractivity contribution < 1.29 is 21.6 Å². The van der Waals surface area contributed by atoms with E-state index in [0.717, 1.165) is 12.3 Å². The van der Waals surface area contributed by atoms with Gasteiger partial charge in [-0.05, 0) is 12.5 Å². The van der Waals surface area contributed by atoms with Crippen LogP contribution in [-0.2, 0) is 23.1 Å². The number of imidazole rings is 1. The molecule has 10 heteroatoms. The molecule has 134 valence electrons. The fourth-order valence-corrected chi connectivity index (χ4v) is 4.01. The molecule has 0 amide bonds. The Labute approximate surface area is 142 Å². The smallest absolute Gasteiger partial charge is 0.311 e. The number of nitrogens with zero attached hydrogens (tertiary/aromatic N) is 4. The molecule has 6 nitrogen and oxygen atoms in total. The Hall–Kier alpha value is -2.23. The lowest BCUT2D eigenvalue weighted by atomic mass is 10.1. The van der Waals surface area contributed by atoms with Crippen LogP contribution in [0.3, 0.4) is 0 Å². The minimum atomic E-state index is -4.53. The second kappa shape index (κ2) is 5.94. The van der Waals surface area contributed by atoms with Gasteiger partial charge in [0.2, 0.25) is 0 Å². The van der Waals surface area contributed by atoms with E-state index in [-0.39, 0.29) is 34.9 Å². The third-order valence-corrected chi connectivity index (χ3v) is 6.16. The summed E-state index contributed by atoms with van der Waals surface area (Å²) in [5.41, 5.74) is -0.420. The molecule has 3 heterocycles. The van der Waals surface area contributed by atoms with Crippen molar-refractivity contribution in [1.82, 2.24) is 14.5 Å². The highest BCUT2D eigenvalue weighted by Gasteiger charge is 2.34. The molecule has 25 heavy (non-hydrogen) atoms. The molecule has 0 aliphatic carbocycles. The summed E-state index contributed by atoms with van der Waals surface area (Å²) in [6.07, 6.45) is -0.427. The first kappa shape index (κ1) is 17.6. The zero-order valence-electron chi connectivity index (χ0n) is 13.4. The highest BCUT2D eigenvalue weighted by Crippen LogP contribution is 2.30. The number of aliphatic imine (C=N–C) groups is 1. The Kier molecular flexibility index (Phi) is 4.18. The molecule has 2 aromatic heterocycles. The lowest BCUT2D eigenvalue weighted by Crippen LogP contribution is -2.34. The molecule has 1 aliphatic heterocycles. The van der Waals surface area contributed by atoms with Crippen molar-refractivity contribution in [3.63, 3.8) is 0 Å². The van der Waals surface area contributed by atoms with Crippen LogP contribution in [0.2, 0.25) is 0 Å². The predicted octanol–water partition coefficient (Wildman–Crippen LogP) is 2.50. The number of aromatic nitrogens is 3. The Morgan fingerprint density at radius 3 is 2.72 bits per heavy atom. The molecule has 0 radical (unpaired) electrons. The van der Waals surface area contributed by atoms with Gasteiger partial charge in [-0.1, -0.05) is 13.0 Å². The molecule has 0 spiro atoms. The predicted molar refractivity (Wildman–Crippen MR) is 87.1 cm³/mol. The highest BCUT2D eigenvalue weighted by atomic mass is 32.2. The van der Waals surface area contributed by atoms with E-state index in [0.29, 0.717) is 0 Å². The summed E-state index contributed by atoms with van der Waals surface area (Å²) < 4.78 is 64.7. The lowest BCUT2D eigenvalue weighted by Gasteiger charge is -2.19. The van der Waals surface area contributed by atoms with Crippen molar-refractivity contribution in [1.29, 1.82) is 0 Å². The van der Waals surface area contributed by atoms with E-state index >= 15 is 0 Å². The van der Waals surface area contributed by atoms with Gasteiger partial charge in [-0.15, -0.1) is 0 Å². The number of halogens is 3. The molecule has 0 N–H and O–H groups in total. The van der Waals surface area contributed by atoms with Crippen molar-refractivity contribution in [3.8, 4) is 0 Å². The molecule has 1 aliphatic rings. The van der Waals surface area contributed by atoms with E-state index in [2.05, 4.69) is 15.0 Å². The number of sulfone groups is 1. The molecule has 3 rings (SSSR count). The minimum Gasteiger partial charge on any atom is -0.311 e. The van der Waals surface area contributed by atoms with E-state index < -0.39 is 26.8 Å². The second-order valence-corrected chi connectivity index (χ2v) is 8.11. The first-order chi connectivity index (χ1) is 11.6. The van der Waals surface area contributed by atoms with Crippen LogP contribution in [0.5, 0.6) is 0 Å². The lowest BCUT2D eigenvalue weighted by molar-refractivity contribution is -0.137. The van der Waals surface area contributed by atoms with Crippen LogP contribution >= 0.6 is 0 Å². The summed E-state index contributed by atoms with van der Waals surface area (Å²) >= 11 is 0. The maximum atomic E-state index is 12.9. The van der Waals surface area contributed by atoms with Gasteiger partial charge in [0, 0.05) is 25.2 Å². The topological polar surface area (TPSA) is 77.2 Å². The minimum absolute atomic E-state index is 0.0391. The fraction of sp³-hybridized carbons (Fsp3) is 0.400. The van der Waals surface area contributed by atoms with Crippen LogP contribution < -0.4 is 0 Å². The van der Waals surface area contributed by atoms with Crippen molar-refractivity contribution in [3.05, 3.63) is 35.9 Å². The van der Waals surface area contributed by atoms with Crippen LogP contribution in [0.4, 0.5) is 13.2 Å². The SMILES string of the molecule is CCS(=O)(=O)C1CC=CN=C1c1nc2cc(C(F)(F)F)cnc2n1C. The normalized spacial score (nSPS) is 18.6. The number of alkyl halides is 3. The third kappa shape index (κ3) is 3.06. The molecule has 1 atom stereocenters. The van der Waals surface area contributed by atoms with Gasteiger partial charge in [0.1, 0.15) is 16.5 Å². The monoisotopic (exact) mass is 372 g/mol. The highest BCUT2D eigenvalue weighted by molar-refractivity contribution is 7.92. The molecular weight excluding hydrogens is 357 g/mol. The first-order valence-electron chi connectivity index (χ1n) is 7.49. The van der Waals surface area contributed by atoms with Crippen molar-refractivity contribution in [2.24, 2.45) is 12.0 Å². The average molecular weight is 372 g/mol. The van der Waals surface area contributed by atoms with Gasteiger partial charge in [-0.2, -0.15) is 13.2 Å². The number of pyridine rings is 1. The molecule has 2 aromatic rings. The van der Waals surface area contributed by atoms with Gasteiger partial charge in [-0.25, -0.2) is 18.4 Å². The fourth-order valence-electron chi connectivity index (χ4n) is 2.69. The van der Waals surface area contributed by atoms with Crippen LogP contribution in [0.15, 0.2) is 29.5 Å². The molecule has 0 aromatic carbocycles. The number of rotatable bonds is 3. The van der Waals surface area contributed by atoms with Crippen LogP contribution in [-0.4, -0.2) is 39.7 Å². The summed E-state index contributed by atoms with van der Waals surface area (Å²) in [4.78, 5) is 12.2. The Morgan fingerprint density at radius 2 is 2.08 bits per heavy atom. The molecule has 0 saturated heterocycles. The maximum absolute atomic E-state index is 12.9. The van der Waals surface area contributed by atoms with Crippen LogP contribution in [0, 0.1) is 0 Å². The van der Waals surface area contributed by atoms with E-state index in [9.17, 15) is 21.6 Å². The summed E-state index contributed by atoms with van der Waals surface area (Å²) in [6, 6.07) is 0.897. The number of fused-ring (bicyclic) bond motifs is 1. The van der Waals surface area contributed by atoms with Gasteiger partial charge in [0.05, 0.1) is 5.56 Å². The summed E-state index contributed by atoms with van der Waals surface area (Å²) in [7, 11) is -1.87. The van der Waals surface area contributed by atoms with Gasteiger partial charge in [-0.3, -0.25) is 4.99 Å². The maximum Gasteiger partial charge on any atom is 0.417 e. The van der Waals surface area contributed by atoms with Crippen LogP contribution in [0.25, 0.3) is 11.2 Å². The first-order valence-corrected chi connectivity index (χ1v) is 9.21. The summed E-state index contributed by atoms with van der Waals surface area (Å²) in [6.45, 7) is 1.54. The van der Waals surface area contributed by atoms with Gasteiger partial charge in [0.25, 0.3) is 0 Å². The van der Waals surface area contributed by atoms with E-state index in [1.807, 2.05) is 0 Å². The Bertz CT molecular complexity index is 990. The van der Waals surface area contributed by atoms with Gasteiger partial charge in [0.15, 0.2) is 21.3 Å². The second-order valence-electron chi connectivity index (χ2n) is 5.63. The zero-order valence-corrected chi connectivity index (χ0v) is 14.3. The Balaban J connectivity index is 2.16. The van der Waals surface area contributed by atoms with Crippen molar-refractivity contribution >= 4 is 26.7 Å². The zero-order chi connectivity index (χ0) is 18.4. The van der Waals surface area contributed by atoms with Crippen molar-refractivity contribution in [2.75, 3.05) is 5.75 Å². The van der Waals surface area contributed by atoms with Gasteiger partial charge < -0.3 is 4.57 Å². The largest absolute Gasteiger partial charge is 0.417 e. The number of hydrogen-bond donors (Lipinski definition) is 0. The molecule has 1 unspecified atom stereocenters. The Morgan fingerprint density at radius 1 is 1.36 bits per heavy atom. The third-order valence-electron chi connectivity index (χ3n) is 4.08. The number of aryl methyl sites for hydroxylation is 1. The molecule has 0 saturated carbocycles. The van der Waals surface area contributed by atoms with Gasteiger partial charge >= 0.3 is 6.18 Å². The van der Waals surface area contributed by atoms with Crippen LogP contribution in [0.1, 0.15) is 24.7 Å². The van der Waals surface area contributed by atoms with E-state index in [1.165, 1.54) is 17.7 Å². The number of hydrogen-bond acceptors (Lipinski definition) is 5. The quantitative estimate of drug-likeness (QED) is 0.829. The average Bonchev–Trinajstić information content (AvgIpc) is 2.90. The van der Waals surface area contributed by atoms with Crippen molar-refractivity contribution in [2.45, 2.75) is 24.8 Å². The van der Waals surface area contributed by atoms with E-state index in [1.54, 1.807) is 13.1 Å². The molecule has 0 bridgehead atoms. The number of allylic oxidation sites excluding steroid dienone is 1.